The molecule has 0 heterocycles. The van der Waals surface area contributed by atoms with Gasteiger partial charge >= 0.3 is 0 Å². The lowest BCUT2D eigenvalue weighted by atomic mass is 10.1. The zero-order valence-electron chi connectivity index (χ0n) is 9.88. The third kappa shape index (κ3) is 3.72. The fourth-order valence-corrected chi connectivity index (χ4v) is 2.63. The quantitative estimate of drug-likeness (QED) is 0.704. The molecule has 0 aliphatic heterocycles. The summed E-state index contributed by atoms with van der Waals surface area (Å²) in [7, 11) is -0.828. The number of hydrogen-bond acceptors (Lipinski definition) is 2. The molecule has 4 heteroatoms. The van der Waals surface area contributed by atoms with E-state index in [9.17, 15) is 0 Å². The van der Waals surface area contributed by atoms with Gasteiger partial charge in [0.05, 0.1) is 0 Å². The lowest BCUT2D eigenvalue weighted by molar-refractivity contribution is 0.525. The van der Waals surface area contributed by atoms with Gasteiger partial charge in [0.2, 0.25) is 19.5 Å². The molecule has 2 nitrogen and oxygen atoms in total. The summed E-state index contributed by atoms with van der Waals surface area (Å²) in [5, 5.41) is 0. The van der Waals surface area contributed by atoms with E-state index in [4.69, 9.17) is 8.85 Å². The molecule has 0 radical (unpaired) electrons. The van der Waals surface area contributed by atoms with Gasteiger partial charge < -0.3 is 8.85 Å². The second-order valence-electron chi connectivity index (χ2n) is 3.40. The van der Waals surface area contributed by atoms with Crippen LogP contribution in [0.2, 0.25) is 13.1 Å². The van der Waals surface area contributed by atoms with Crippen LogP contribution in [0.4, 0.5) is 0 Å². The monoisotopic (exact) mass is 240 g/mol. The van der Waals surface area contributed by atoms with Crippen LogP contribution in [0.15, 0.2) is 18.2 Å². The van der Waals surface area contributed by atoms with E-state index < -0.39 is 19.5 Å². The predicted molar refractivity (Wildman–Crippen MR) is 70.5 cm³/mol. The molecule has 0 fully saturated rings. The van der Waals surface area contributed by atoms with Crippen molar-refractivity contribution in [1.82, 2.24) is 0 Å². The van der Waals surface area contributed by atoms with Gasteiger partial charge in [0.25, 0.3) is 0 Å². The average molecular weight is 240 g/mol. The van der Waals surface area contributed by atoms with Gasteiger partial charge in [-0.2, -0.15) is 0 Å². The molecular weight excluding hydrogens is 220 g/mol. The van der Waals surface area contributed by atoms with E-state index >= 15 is 0 Å². The molecule has 0 bridgehead atoms. The summed E-state index contributed by atoms with van der Waals surface area (Å²) in [6, 6.07) is 6.34. The van der Waals surface area contributed by atoms with Gasteiger partial charge in [-0.05, 0) is 37.2 Å². The lowest BCUT2D eigenvalue weighted by Crippen LogP contribution is -2.02. The van der Waals surface area contributed by atoms with E-state index in [1.165, 1.54) is 12.0 Å². The maximum atomic E-state index is 5.71. The van der Waals surface area contributed by atoms with Crippen LogP contribution in [0.1, 0.15) is 18.9 Å². The van der Waals surface area contributed by atoms with Crippen molar-refractivity contribution in [3.8, 4) is 11.5 Å². The Morgan fingerprint density at radius 3 is 2.33 bits per heavy atom. The molecule has 0 amide bonds. The van der Waals surface area contributed by atoms with Crippen molar-refractivity contribution in [2.75, 3.05) is 0 Å². The van der Waals surface area contributed by atoms with Crippen LogP contribution in [0.5, 0.6) is 11.5 Å². The van der Waals surface area contributed by atoms with E-state index in [0.717, 1.165) is 17.9 Å². The van der Waals surface area contributed by atoms with Crippen molar-refractivity contribution in [1.29, 1.82) is 0 Å². The second kappa shape index (κ2) is 6.69. The Hall–Kier alpha value is -0.746. The van der Waals surface area contributed by atoms with Crippen LogP contribution < -0.4 is 8.85 Å². The van der Waals surface area contributed by atoms with E-state index in [2.05, 4.69) is 38.2 Å². The molecule has 0 atom stereocenters. The highest BCUT2D eigenvalue weighted by atomic mass is 28.2. The van der Waals surface area contributed by atoms with Crippen LogP contribution in [0.3, 0.4) is 0 Å². The maximum Gasteiger partial charge on any atom is 0.216 e. The van der Waals surface area contributed by atoms with E-state index in [-0.39, 0.29) is 0 Å². The first-order valence-electron chi connectivity index (χ1n) is 5.70. The molecule has 0 aromatic heterocycles. The summed E-state index contributed by atoms with van der Waals surface area (Å²) in [6.45, 7) is 6.46. The summed E-state index contributed by atoms with van der Waals surface area (Å²) in [5.74, 6) is 1.91. The Kier molecular flexibility index (Phi) is 5.49. The second-order valence-corrected chi connectivity index (χ2v) is 5.13. The smallest absolute Gasteiger partial charge is 0.216 e. The SMILES string of the molecule is CCCc1ccc(O[SiH2]C)c(O[SiH2]C)c1. The Morgan fingerprint density at radius 1 is 1.07 bits per heavy atom. The molecule has 1 rings (SSSR count). The van der Waals surface area contributed by atoms with Gasteiger partial charge in [-0.3, -0.25) is 0 Å². The van der Waals surface area contributed by atoms with Crippen molar-refractivity contribution >= 4 is 19.5 Å². The third-order valence-electron chi connectivity index (χ3n) is 2.15. The first-order chi connectivity index (χ1) is 7.31. The summed E-state index contributed by atoms with van der Waals surface area (Å²) in [4.78, 5) is 0. The van der Waals surface area contributed by atoms with Crippen molar-refractivity contribution in [2.45, 2.75) is 32.9 Å². The highest BCUT2D eigenvalue weighted by Gasteiger charge is 2.04. The van der Waals surface area contributed by atoms with Gasteiger partial charge in [-0.15, -0.1) is 0 Å². The van der Waals surface area contributed by atoms with Gasteiger partial charge in [0.15, 0.2) is 0 Å². The van der Waals surface area contributed by atoms with Gasteiger partial charge in [-0.1, -0.05) is 19.4 Å². The standard InChI is InChI=1S/C11H20O2Si2/c1-4-5-9-6-7-10(12-14-2)11(8-9)13-15-3/h6-8H,4-5,14-15H2,1-3H3. The Balaban J connectivity index is 2.87. The predicted octanol–water partition coefficient (Wildman–Crippen LogP) is 1.66. The lowest BCUT2D eigenvalue weighted by Gasteiger charge is -2.13. The zero-order valence-corrected chi connectivity index (χ0v) is 12.7. The Labute approximate surface area is 96.9 Å². The highest BCUT2D eigenvalue weighted by molar-refractivity contribution is 6.27. The molecule has 1 aromatic carbocycles. The largest absolute Gasteiger partial charge is 0.547 e. The molecule has 0 aliphatic rings. The third-order valence-corrected chi connectivity index (χ3v) is 3.35. The first kappa shape index (κ1) is 12.3. The number of hydrogen-bond donors (Lipinski definition) is 0. The van der Waals surface area contributed by atoms with Gasteiger partial charge in [-0.25, -0.2) is 0 Å². The van der Waals surface area contributed by atoms with Gasteiger partial charge in [0.1, 0.15) is 11.5 Å². The molecule has 1 aromatic rings. The average Bonchev–Trinajstić information content (AvgIpc) is 2.23. The van der Waals surface area contributed by atoms with E-state index in [1.54, 1.807) is 0 Å². The summed E-state index contributed by atoms with van der Waals surface area (Å²) >= 11 is 0. The van der Waals surface area contributed by atoms with Crippen LogP contribution in [-0.4, -0.2) is 19.5 Å². The molecule has 15 heavy (non-hydrogen) atoms. The van der Waals surface area contributed by atoms with Crippen LogP contribution in [-0.2, 0) is 6.42 Å². The van der Waals surface area contributed by atoms with Crippen molar-refractivity contribution in [3.63, 3.8) is 0 Å². The minimum atomic E-state index is -0.417. The minimum absolute atomic E-state index is 0.411. The fourth-order valence-electron chi connectivity index (χ4n) is 1.54. The van der Waals surface area contributed by atoms with E-state index in [0.29, 0.717) is 0 Å². The molecule has 0 unspecified atom stereocenters. The topological polar surface area (TPSA) is 18.5 Å². The zero-order chi connectivity index (χ0) is 11.1. The minimum Gasteiger partial charge on any atom is -0.547 e. The summed E-state index contributed by atoms with van der Waals surface area (Å²) < 4.78 is 11.4. The molecule has 0 spiro atoms. The Bertz CT molecular complexity index is 303. The van der Waals surface area contributed by atoms with Crippen LogP contribution in [0, 0.1) is 0 Å². The maximum absolute atomic E-state index is 5.71. The van der Waals surface area contributed by atoms with Crippen molar-refractivity contribution < 1.29 is 8.85 Å². The number of benzene rings is 1. The van der Waals surface area contributed by atoms with Crippen molar-refractivity contribution in [3.05, 3.63) is 23.8 Å². The summed E-state index contributed by atoms with van der Waals surface area (Å²) in [6.07, 6.45) is 2.29. The number of aryl methyl sites for hydroxylation is 1. The Morgan fingerprint density at radius 2 is 1.73 bits per heavy atom. The normalized spacial score (nSPS) is 11.7. The summed E-state index contributed by atoms with van der Waals surface area (Å²) in [5.41, 5.74) is 1.35. The molecule has 0 saturated heterocycles. The number of rotatable bonds is 6. The van der Waals surface area contributed by atoms with E-state index in [1.807, 2.05) is 0 Å². The highest BCUT2D eigenvalue weighted by Crippen LogP contribution is 2.28. The van der Waals surface area contributed by atoms with Crippen LogP contribution in [0.25, 0.3) is 0 Å². The molecular formula is C11H20O2Si2. The first-order valence-corrected chi connectivity index (χ1v) is 9.68. The fraction of sp³-hybridized carbons (Fsp3) is 0.455. The molecule has 0 N–H and O–H groups in total. The molecule has 84 valence electrons. The van der Waals surface area contributed by atoms with Gasteiger partial charge in [0, 0.05) is 0 Å². The molecule has 0 aliphatic carbocycles. The van der Waals surface area contributed by atoms with Crippen LogP contribution >= 0.6 is 0 Å². The van der Waals surface area contributed by atoms with Crippen molar-refractivity contribution in [2.24, 2.45) is 0 Å². The molecule has 0 saturated carbocycles.